The van der Waals surface area contributed by atoms with Crippen LogP contribution in [0, 0.1) is 17.8 Å². The van der Waals surface area contributed by atoms with Gasteiger partial charge in [-0.3, -0.25) is 9.59 Å². The summed E-state index contributed by atoms with van der Waals surface area (Å²) in [4.78, 5) is 28.1. The zero-order valence-electron chi connectivity index (χ0n) is 25.9. The normalized spacial score (nSPS) is 23.2. The number of allylic oxidation sites excluding steroid dienone is 2. The Balaban J connectivity index is 1.30. The SMILES string of the molecule is CCCC1=C2[C@@H](CC/C(=C/c3ccc(CO)o3)c3ccccc3)OC[C@@H]2[C@@H]2C(=O)N(c3cc(C(F)(F)F)cc(C(F)(F)F)c3)C(=O)[C@@H]2C1. The van der Waals surface area contributed by atoms with Gasteiger partial charge in [-0.15, -0.1) is 0 Å². The number of ether oxygens (including phenoxy) is 1. The lowest BCUT2D eigenvalue weighted by Crippen LogP contribution is -2.34. The number of hydrogen-bond acceptors (Lipinski definition) is 5. The third kappa shape index (κ3) is 6.47. The van der Waals surface area contributed by atoms with Crippen molar-refractivity contribution in [3.8, 4) is 0 Å². The van der Waals surface area contributed by atoms with Crippen molar-refractivity contribution in [2.45, 2.75) is 64.1 Å². The minimum Gasteiger partial charge on any atom is -0.459 e. The highest BCUT2D eigenvalue weighted by Crippen LogP contribution is 2.52. The second-order valence-electron chi connectivity index (χ2n) is 12.4. The highest BCUT2D eigenvalue weighted by molar-refractivity contribution is 6.22. The number of carbonyl (C=O) groups excluding carboxylic acids is 2. The van der Waals surface area contributed by atoms with Crippen molar-refractivity contribution in [1.82, 2.24) is 0 Å². The van der Waals surface area contributed by atoms with E-state index in [0.717, 1.165) is 28.7 Å². The molecule has 3 heterocycles. The van der Waals surface area contributed by atoms with Gasteiger partial charge >= 0.3 is 12.4 Å². The molecule has 2 fully saturated rings. The Morgan fingerprint density at radius 1 is 0.938 bits per heavy atom. The fraction of sp³-hybridized carbons (Fsp3) is 0.389. The molecule has 2 amide bonds. The molecule has 1 aromatic heterocycles. The molecule has 2 saturated heterocycles. The smallest absolute Gasteiger partial charge is 0.416 e. The molecule has 1 aliphatic carbocycles. The molecule has 12 heteroatoms. The van der Waals surface area contributed by atoms with Crippen molar-refractivity contribution < 1.29 is 50.2 Å². The third-order valence-corrected chi connectivity index (χ3v) is 9.37. The molecule has 254 valence electrons. The van der Waals surface area contributed by atoms with Gasteiger partial charge in [0.15, 0.2) is 0 Å². The van der Waals surface area contributed by atoms with E-state index in [1.54, 1.807) is 12.1 Å². The van der Waals surface area contributed by atoms with Crippen molar-refractivity contribution in [1.29, 1.82) is 0 Å². The predicted octanol–water partition coefficient (Wildman–Crippen LogP) is 8.45. The van der Waals surface area contributed by atoms with E-state index in [-0.39, 0.29) is 25.7 Å². The van der Waals surface area contributed by atoms with Gasteiger partial charge in [-0.1, -0.05) is 49.2 Å². The molecule has 6 nitrogen and oxygen atoms in total. The van der Waals surface area contributed by atoms with Crippen LogP contribution < -0.4 is 4.90 Å². The molecule has 0 unspecified atom stereocenters. The number of hydrogen-bond donors (Lipinski definition) is 1. The summed E-state index contributed by atoms with van der Waals surface area (Å²) in [5.74, 6) is -3.06. The van der Waals surface area contributed by atoms with Crippen LogP contribution >= 0.6 is 0 Å². The average Bonchev–Trinajstić information content (AvgIpc) is 3.75. The summed E-state index contributed by atoms with van der Waals surface area (Å²) in [6, 6.07) is 13.9. The number of aliphatic hydroxyl groups is 1. The predicted molar refractivity (Wildman–Crippen MR) is 164 cm³/mol. The standard InChI is InChI=1S/C36H33F6NO5/c1-2-6-22-14-28-32(34(46)43(33(28)45)25-16-23(35(37,38)39)15-24(17-25)36(40,41)42)29-19-47-30(31(22)29)12-9-21(20-7-4-3-5-8-20)13-26-10-11-27(18-44)48-26/h3-5,7-8,10-11,13,15-17,28-30,32,44H,2,6,9,12,14,18-19H2,1H3/b21-13-/t28-,29+,30-,32-/m1/s1. The molecular weight excluding hydrogens is 640 g/mol. The van der Waals surface area contributed by atoms with Gasteiger partial charge < -0.3 is 14.3 Å². The number of carbonyl (C=O) groups is 2. The summed E-state index contributed by atoms with van der Waals surface area (Å²) in [6.45, 7) is 1.83. The first-order valence-electron chi connectivity index (χ1n) is 15.8. The molecule has 48 heavy (non-hydrogen) atoms. The van der Waals surface area contributed by atoms with Crippen molar-refractivity contribution >= 4 is 29.2 Å². The summed E-state index contributed by atoms with van der Waals surface area (Å²) < 4.78 is 93.9. The second-order valence-corrected chi connectivity index (χ2v) is 12.4. The van der Waals surface area contributed by atoms with E-state index in [0.29, 0.717) is 47.8 Å². The van der Waals surface area contributed by atoms with E-state index in [1.165, 1.54) is 0 Å². The fourth-order valence-corrected chi connectivity index (χ4v) is 7.30. The van der Waals surface area contributed by atoms with E-state index in [4.69, 9.17) is 9.15 Å². The average molecular weight is 674 g/mol. The lowest BCUT2D eigenvalue weighted by atomic mass is 9.68. The Bertz CT molecular complexity index is 1720. The van der Waals surface area contributed by atoms with Crippen LogP contribution in [-0.2, 0) is 33.3 Å². The van der Waals surface area contributed by atoms with Crippen LogP contribution in [0.2, 0.25) is 0 Å². The van der Waals surface area contributed by atoms with Gasteiger partial charge in [0, 0.05) is 5.92 Å². The summed E-state index contributed by atoms with van der Waals surface area (Å²) in [5, 5.41) is 9.42. The van der Waals surface area contributed by atoms with Gasteiger partial charge in [0.1, 0.15) is 18.1 Å². The Morgan fingerprint density at radius 2 is 1.62 bits per heavy atom. The first kappa shape index (κ1) is 33.7. The summed E-state index contributed by atoms with van der Waals surface area (Å²) in [7, 11) is 0. The number of fused-ring (bicyclic) bond motifs is 3. The molecular formula is C36H33F6NO5. The first-order chi connectivity index (χ1) is 22.8. The molecule has 3 aliphatic rings. The summed E-state index contributed by atoms with van der Waals surface area (Å²) in [6.07, 6.45) is -6.22. The van der Waals surface area contributed by atoms with Crippen molar-refractivity contribution in [2.24, 2.45) is 17.8 Å². The van der Waals surface area contributed by atoms with E-state index in [2.05, 4.69) is 0 Å². The number of halogens is 6. The van der Waals surface area contributed by atoms with E-state index in [9.17, 15) is 41.0 Å². The van der Waals surface area contributed by atoms with Gasteiger partial charge in [-0.25, -0.2) is 4.90 Å². The maximum atomic E-state index is 13.9. The number of nitrogens with zero attached hydrogens (tertiary/aromatic N) is 1. The molecule has 1 N–H and O–H groups in total. The molecule has 2 aromatic carbocycles. The van der Waals surface area contributed by atoms with Crippen LogP contribution in [0.15, 0.2) is 76.2 Å². The molecule has 0 radical (unpaired) electrons. The van der Waals surface area contributed by atoms with E-state index in [1.807, 2.05) is 43.3 Å². The zero-order chi connectivity index (χ0) is 34.4. The number of furan rings is 1. The molecule has 0 bridgehead atoms. The Labute approximate surface area is 272 Å². The maximum Gasteiger partial charge on any atom is 0.416 e. The van der Waals surface area contributed by atoms with Crippen molar-refractivity contribution in [2.75, 3.05) is 11.5 Å². The minimum atomic E-state index is -5.13. The van der Waals surface area contributed by atoms with Crippen LogP contribution in [0.5, 0.6) is 0 Å². The topological polar surface area (TPSA) is 80.0 Å². The number of anilines is 1. The molecule has 4 atom stereocenters. The fourth-order valence-electron chi connectivity index (χ4n) is 7.30. The number of aliphatic hydroxyl groups excluding tert-OH is 1. The highest BCUT2D eigenvalue weighted by Gasteiger charge is 2.57. The van der Waals surface area contributed by atoms with Gasteiger partial charge in [0.25, 0.3) is 0 Å². The van der Waals surface area contributed by atoms with Crippen LogP contribution in [-0.4, -0.2) is 29.6 Å². The van der Waals surface area contributed by atoms with E-state index >= 15 is 0 Å². The minimum absolute atomic E-state index is 0.0222. The summed E-state index contributed by atoms with van der Waals surface area (Å²) in [5.41, 5.74) is -0.199. The van der Waals surface area contributed by atoms with Crippen LogP contribution in [0.4, 0.5) is 32.0 Å². The van der Waals surface area contributed by atoms with Crippen LogP contribution in [0.3, 0.4) is 0 Å². The lowest BCUT2D eigenvalue weighted by Gasteiger charge is -2.32. The Hall–Kier alpha value is -4.16. The first-order valence-corrected chi connectivity index (χ1v) is 15.8. The monoisotopic (exact) mass is 673 g/mol. The second kappa shape index (κ2) is 13.0. The largest absolute Gasteiger partial charge is 0.459 e. The van der Waals surface area contributed by atoms with Crippen LogP contribution in [0.25, 0.3) is 11.6 Å². The van der Waals surface area contributed by atoms with Gasteiger partial charge in [0.05, 0.1) is 41.4 Å². The highest BCUT2D eigenvalue weighted by atomic mass is 19.4. The number of benzene rings is 2. The number of alkyl halides is 6. The van der Waals surface area contributed by atoms with Gasteiger partial charge in [0.2, 0.25) is 11.8 Å². The molecule has 0 saturated carbocycles. The number of amides is 2. The molecule has 6 rings (SSSR count). The van der Waals surface area contributed by atoms with Gasteiger partial charge in [-0.2, -0.15) is 26.3 Å². The van der Waals surface area contributed by atoms with Crippen molar-refractivity contribution in [3.63, 3.8) is 0 Å². The molecule has 0 spiro atoms. The lowest BCUT2D eigenvalue weighted by molar-refractivity contribution is -0.143. The number of imide groups is 1. The van der Waals surface area contributed by atoms with Crippen molar-refractivity contribution in [3.05, 3.63) is 100 Å². The third-order valence-electron chi connectivity index (χ3n) is 9.37. The van der Waals surface area contributed by atoms with Gasteiger partial charge in [-0.05, 0) is 78.8 Å². The maximum absolute atomic E-state index is 13.9. The molecule has 3 aromatic rings. The molecule has 2 aliphatic heterocycles. The van der Waals surface area contributed by atoms with Crippen LogP contribution in [0.1, 0.15) is 67.2 Å². The zero-order valence-corrected chi connectivity index (χ0v) is 25.9. The quantitative estimate of drug-likeness (QED) is 0.140. The summed E-state index contributed by atoms with van der Waals surface area (Å²) >= 11 is 0. The van der Waals surface area contributed by atoms with E-state index < -0.39 is 64.8 Å². The Morgan fingerprint density at radius 3 is 2.23 bits per heavy atom. The number of rotatable bonds is 9. The Kier molecular flexibility index (Phi) is 9.16.